The minimum absolute atomic E-state index is 0.157. The molecule has 0 aliphatic heterocycles. The number of aryl methyl sites for hydroxylation is 1. The molecule has 1 aromatic heterocycles. The lowest BCUT2D eigenvalue weighted by molar-refractivity contribution is -0.130. The Morgan fingerprint density at radius 2 is 2.70 bits per heavy atom. The summed E-state index contributed by atoms with van der Waals surface area (Å²) in [6, 6.07) is 1.71. The molecule has 0 unspecified atom stereocenters. The van der Waals surface area contributed by atoms with E-state index in [9.17, 15) is 4.79 Å². The molecule has 0 N–H and O–H groups in total. The maximum absolute atomic E-state index is 9.70. The number of hydrogen-bond acceptors (Lipinski definition) is 4. The lowest BCUT2D eigenvalue weighted by atomic mass is 10.4. The van der Waals surface area contributed by atoms with Crippen LogP contribution in [0.3, 0.4) is 0 Å². The fourth-order valence-corrected chi connectivity index (χ4v) is 0.600. The standard InChI is InChI=1S/C6H7NO3/c1-5-2-6(10-7-5)3-9-4-8/h2,4H,3H2,1H3. The number of rotatable bonds is 3. The molecule has 0 saturated carbocycles. The second-order valence-corrected chi connectivity index (χ2v) is 1.84. The number of carbonyl (C=O) groups excluding carboxylic acids is 1. The number of carbonyl (C=O) groups is 1. The van der Waals surface area contributed by atoms with E-state index < -0.39 is 0 Å². The van der Waals surface area contributed by atoms with Crippen molar-refractivity contribution in [3.63, 3.8) is 0 Å². The molecule has 0 aliphatic carbocycles. The number of hydrogen-bond donors (Lipinski definition) is 0. The van der Waals surface area contributed by atoms with Gasteiger partial charge in [-0.25, -0.2) is 0 Å². The van der Waals surface area contributed by atoms with Crippen LogP contribution in [0, 0.1) is 6.92 Å². The maximum Gasteiger partial charge on any atom is 0.293 e. The van der Waals surface area contributed by atoms with Crippen molar-refractivity contribution >= 4 is 6.47 Å². The summed E-state index contributed by atoms with van der Waals surface area (Å²) in [7, 11) is 0. The number of nitrogens with zero attached hydrogens (tertiary/aromatic N) is 1. The molecule has 0 aromatic carbocycles. The van der Waals surface area contributed by atoms with Gasteiger partial charge in [0.05, 0.1) is 5.69 Å². The highest BCUT2D eigenvalue weighted by Gasteiger charge is 1.98. The minimum atomic E-state index is 0.157. The van der Waals surface area contributed by atoms with Crippen molar-refractivity contribution in [2.75, 3.05) is 0 Å². The minimum Gasteiger partial charge on any atom is -0.460 e. The van der Waals surface area contributed by atoms with Crippen molar-refractivity contribution in [2.24, 2.45) is 0 Å². The summed E-state index contributed by atoms with van der Waals surface area (Å²) in [6.07, 6.45) is 0. The largest absolute Gasteiger partial charge is 0.460 e. The molecule has 0 atom stereocenters. The molecular formula is C6H7NO3. The van der Waals surface area contributed by atoms with E-state index in [0.29, 0.717) is 12.2 Å². The van der Waals surface area contributed by atoms with Crippen LogP contribution < -0.4 is 0 Å². The van der Waals surface area contributed by atoms with Crippen LogP contribution >= 0.6 is 0 Å². The molecule has 54 valence electrons. The van der Waals surface area contributed by atoms with Gasteiger partial charge in [0.2, 0.25) is 0 Å². The third kappa shape index (κ3) is 1.58. The third-order valence-electron chi connectivity index (χ3n) is 0.970. The second-order valence-electron chi connectivity index (χ2n) is 1.84. The highest BCUT2D eigenvalue weighted by Crippen LogP contribution is 2.02. The van der Waals surface area contributed by atoms with Gasteiger partial charge in [0.1, 0.15) is 0 Å². The Kier molecular flexibility index (Phi) is 2.04. The highest BCUT2D eigenvalue weighted by atomic mass is 16.5. The Morgan fingerprint density at radius 1 is 1.90 bits per heavy atom. The predicted molar refractivity (Wildman–Crippen MR) is 32.1 cm³/mol. The monoisotopic (exact) mass is 141 g/mol. The Labute approximate surface area is 57.8 Å². The van der Waals surface area contributed by atoms with Crippen molar-refractivity contribution in [1.29, 1.82) is 0 Å². The van der Waals surface area contributed by atoms with Crippen molar-refractivity contribution in [3.8, 4) is 0 Å². The summed E-state index contributed by atoms with van der Waals surface area (Å²) >= 11 is 0. The SMILES string of the molecule is Cc1cc(COC=O)on1. The molecule has 0 radical (unpaired) electrons. The molecule has 1 aromatic rings. The summed E-state index contributed by atoms with van der Waals surface area (Å²) < 4.78 is 9.15. The van der Waals surface area contributed by atoms with Crippen LogP contribution in [0.4, 0.5) is 0 Å². The van der Waals surface area contributed by atoms with Crippen LogP contribution in [-0.2, 0) is 16.1 Å². The van der Waals surface area contributed by atoms with Crippen LogP contribution in [-0.4, -0.2) is 11.6 Å². The van der Waals surface area contributed by atoms with Gasteiger partial charge in [-0.3, -0.25) is 4.79 Å². The quantitative estimate of drug-likeness (QED) is 0.580. The summed E-state index contributed by atoms with van der Waals surface area (Å²) in [6.45, 7) is 2.33. The second kappa shape index (κ2) is 3.00. The van der Waals surface area contributed by atoms with E-state index in [4.69, 9.17) is 4.52 Å². The smallest absolute Gasteiger partial charge is 0.293 e. The molecule has 0 amide bonds. The lowest BCUT2D eigenvalue weighted by Crippen LogP contribution is -1.86. The first kappa shape index (κ1) is 6.80. The van der Waals surface area contributed by atoms with Gasteiger partial charge in [-0.2, -0.15) is 0 Å². The average molecular weight is 141 g/mol. The van der Waals surface area contributed by atoms with E-state index in [1.54, 1.807) is 13.0 Å². The first-order chi connectivity index (χ1) is 4.83. The molecule has 4 heteroatoms. The summed E-state index contributed by atoms with van der Waals surface area (Å²) in [5.74, 6) is 0.560. The number of ether oxygens (including phenoxy) is 1. The van der Waals surface area contributed by atoms with Gasteiger partial charge in [0, 0.05) is 6.07 Å². The van der Waals surface area contributed by atoms with E-state index >= 15 is 0 Å². The van der Waals surface area contributed by atoms with Crippen LogP contribution in [0.2, 0.25) is 0 Å². The zero-order valence-corrected chi connectivity index (χ0v) is 5.53. The fraction of sp³-hybridized carbons (Fsp3) is 0.333. The first-order valence-corrected chi connectivity index (χ1v) is 2.80. The molecule has 10 heavy (non-hydrogen) atoms. The molecule has 0 bridgehead atoms. The van der Waals surface area contributed by atoms with E-state index in [2.05, 4.69) is 9.89 Å². The molecule has 0 fully saturated rings. The van der Waals surface area contributed by atoms with Crippen LogP contribution in [0.15, 0.2) is 10.6 Å². The van der Waals surface area contributed by atoms with Gasteiger partial charge < -0.3 is 9.26 Å². The summed E-state index contributed by atoms with van der Waals surface area (Å²) in [4.78, 5) is 9.70. The van der Waals surface area contributed by atoms with Crippen LogP contribution in [0.5, 0.6) is 0 Å². The van der Waals surface area contributed by atoms with E-state index in [0.717, 1.165) is 5.69 Å². The first-order valence-electron chi connectivity index (χ1n) is 2.80. The van der Waals surface area contributed by atoms with Gasteiger partial charge in [0.15, 0.2) is 12.4 Å². The van der Waals surface area contributed by atoms with Gasteiger partial charge in [-0.05, 0) is 6.92 Å². The van der Waals surface area contributed by atoms with Crippen molar-refractivity contribution in [2.45, 2.75) is 13.5 Å². The molecule has 0 spiro atoms. The van der Waals surface area contributed by atoms with E-state index in [1.165, 1.54) is 0 Å². The maximum atomic E-state index is 9.70. The zero-order valence-electron chi connectivity index (χ0n) is 5.53. The lowest BCUT2D eigenvalue weighted by Gasteiger charge is -1.88. The predicted octanol–water partition coefficient (Wildman–Crippen LogP) is 0.656. The summed E-state index contributed by atoms with van der Waals surface area (Å²) in [5, 5.41) is 3.60. The van der Waals surface area contributed by atoms with Gasteiger partial charge in [0.25, 0.3) is 6.47 Å². The molecular weight excluding hydrogens is 134 g/mol. The number of aromatic nitrogens is 1. The Morgan fingerprint density at radius 3 is 3.20 bits per heavy atom. The van der Waals surface area contributed by atoms with Crippen molar-refractivity contribution in [3.05, 3.63) is 17.5 Å². The topological polar surface area (TPSA) is 52.3 Å². The van der Waals surface area contributed by atoms with Crippen molar-refractivity contribution in [1.82, 2.24) is 5.16 Å². The highest BCUT2D eigenvalue weighted by molar-refractivity contribution is 5.37. The zero-order chi connectivity index (χ0) is 7.40. The Balaban J connectivity index is 2.49. The Hall–Kier alpha value is -1.32. The van der Waals surface area contributed by atoms with Gasteiger partial charge in [-0.15, -0.1) is 0 Å². The van der Waals surface area contributed by atoms with Gasteiger partial charge >= 0.3 is 0 Å². The summed E-state index contributed by atoms with van der Waals surface area (Å²) in [5.41, 5.74) is 0.782. The average Bonchev–Trinajstić information content (AvgIpc) is 2.31. The van der Waals surface area contributed by atoms with Crippen molar-refractivity contribution < 1.29 is 14.1 Å². The molecule has 4 nitrogen and oxygen atoms in total. The van der Waals surface area contributed by atoms with Crippen LogP contribution in [0.25, 0.3) is 0 Å². The van der Waals surface area contributed by atoms with E-state index in [-0.39, 0.29) is 6.61 Å². The molecule has 1 rings (SSSR count). The molecule has 1 heterocycles. The Bertz CT molecular complexity index is 219. The fourth-order valence-electron chi connectivity index (χ4n) is 0.600. The molecule has 0 saturated heterocycles. The third-order valence-corrected chi connectivity index (χ3v) is 0.970. The normalized spacial score (nSPS) is 9.30. The van der Waals surface area contributed by atoms with E-state index in [1.807, 2.05) is 0 Å². The molecule has 0 aliphatic rings. The van der Waals surface area contributed by atoms with Crippen LogP contribution in [0.1, 0.15) is 11.5 Å². The van der Waals surface area contributed by atoms with Gasteiger partial charge in [-0.1, -0.05) is 5.16 Å².